The van der Waals surface area contributed by atoms with E-state index in [9.17, 15) is 4.79 Å². The van der Waals surface area contributed by atoms with Gasteiger partial charge in [0.15, 0.2) is 0 Å². The van der Waals surface area contributed by atoms with Crippen molar-refractivity contribution in [1.82, 2.24) is 15.0 Å². The first-order valence-corrected chi connectivity index (χ1v) is 8.89. The van der Waals surface area contributed by atoms with Crippen LogP contribution in [-0.2, 0) is 11.2 Å². The molecule has 0 saturated carbocycles. The van der Waals surface area contributed by atoms with Gasteiger partial charge in [-0.15, -0.1) is 11.3 Å². The highest BCUT2D eigenvalue weighted by Crippen LogP contribution is 2.31. The zero-order chi connectivity index (χ0) is 17.2. The lowest BCUT2D eigenvalue weighted by Gasteiger charge is -2.37. The number of carbonyl (C=O) groups excluding carboxylic acids is 1. The lowest BCUT2D eigenvalue weighted by atomic mass is 9.99. The van der Waals surface area contributed by atoms with Crippen LogP contribution in [0.4, 0.5) is 0 Å². The average molecular weight is 355 g/mol. The molecule has 3 heterocycles. The zero-order valence-electron chi connectivity index (χ0n) is 13.7. The predicted octanol–water partition coefficient (Wildman–Crippen LogP) is 2.98. The summed E-state index contributed by atoms with van der Waals surface area (Å²) in [6, 6.07) is 11.5. The smallest absolute Gasteiger partial charge is 0.233 e. The fourth-order valence-corrected chi connectivity index (χ4v) is 3.55. The Hall–Kier alpha value is -2.67. The van der Waals surface area contributed by atoms with Crippen LogP contribution in [0.3, 0.4) is 0 Å². The maximum atomic E-state index is 12.2. The second-order valence-electron chi connectivity index (χ2n) is 5.91. The van der Waals surface area contributed by atoms with E-state index in [0.29, 0.717) is 37.0 Å². The zero-order valence-corrected chi connectivity index (χ0v) is 14.5. The van der Waals surface area contributed by atoms with Crippen LogP contribution in [0, 0.1) is 0 Å². The summed E-state index contributed by atoms with van der Waals surface area (Å²) >= 11 is 1.60. The molecule has 1 aromatic carbocycles. The minimum atomic E-state index is 0.100. The summed E-state index contributed by atoms with van der Waals surface area (Å²) in [7, 11) is 1.61. The number of methoxy groups -OCH3 is 1. The Morgan fingerprint density at radius 2 is 2.16 bits per heavy atom. The Bertz CT molecular complexity index is 869. The standard InChI is InChI=1S/C18H17N3O3S/c1-23-15-7-3-2-6-14(15)17-19-18(24-20-17)12-10-21(11-12)16(22)9-13-5-4-8-25-13/h2-8,12H,9-11H2,1H3. The van der Waals surface area contributed by atoms with E-state index >= 15 is 0 Å². The van der Waals surface area contributed by atoms with Crippen molar-refractivity contribution in [2.45, 2.75) is 12.3 Å². The van der Waals surface area contributed by atoms with E-state index in [1.165, 1.54) is 0 Å². The van der Waals surface area contributed by atoms with Crippen LogP contribution in [0.25, 0.3) is 11.4 Å². The van der Waals surface area contributed by atoms with Gasteiger partial charge in [-0.2, -0.15) is 4.98 Å². The lowest BCUT2D eigenvalue weighted by Crippen LogP contribution is -2.49. The van der Waals surface area contributed by atoms with E-state index in [2.05, 4.69) is 10.1 Å². The molecular formula is C18H17N3O3S. The fourth-order valence-electron chi connectivity index (χ4n) is 2.85. The first-order chi connectivity index (χ1) is 12.2. The molecule has 1 saturated heterocycles. The van der Waals surface area contributed by atoms with Gasteiger partial charge in [0.25, 0.3) is 0 Å². The molecule has 0 bridgehead atoms. The largest absolute Gasteiger partial charge is 0.496 e. The number of rotatable bonds is 5. The molecule has 3 aromatic rings. The first-order valence-electron chi connectivity index (χ1n) is 8.01. The van der Waals surface area contributed by atoms with Gasteiger partial charge in [-0.25, -0.2) is 0 Å². The summed E-state index contributed by atoms with van der Waals surface area (Å²) in [6.07, 6.45) is 0.459. The number of likely N-dealkylation sites (tertiary alicyclic amines) is 1. The quantitative estimate of drug-likeness (QED) is 0.704. The van der Waals surface area contributed by atoms with Crippen molar-refractivity contribution in [2.75, 3.05) is 20.2 Å². The highest BCUT2D eigenvalue weighted by molar-refractivity contribution is 7.10. The molecule has 0 N–H and O–H groups in total. The van der Waals surface area contributed by atoms with Crippen LogP contribution in [-0.4, -0.2) is 41.1 Å². The monoisotopic (exact) mass is 355 g/mol. The van der Waals surface area contributed by atoms with E-state index in [4.69, 9.17) is 9.26 Å². The molecule has 7 heteroatoms. The third kappa shape index (κ3) is 3.15. The first kappa shape index (κ1) is 15.8. The number of hydrogen-bond donors (Lipinski definition) is 0. The predicted molar refractivity (Wildman–Crippen MR) is 93.6 cm³/mol. The van der Waals surface area contributed by atoms with Crippen molar-refractivity contribution >= 4 is 17.2 Å². The molecule has 1 aliphatic heterocycles. The minimum Gasteiger partial charge on any atom is -0.496 e. The topological polar surface area (TPSA) is 68.5 Å². The Balaban J connectivity index is 1.40. The molecule has 25 heavy (non-hydrogen) atoms. The van der Waals surface area contributed by atoms with E-state index in [0.717, 1.165) is 10.4 Å². The van der Waals surface area contributed by atoms with Gasteiger partial charge in [0.05, 0.1) is 25.0 Å². The molecule has 6 nitrogen and oxygen atoms in total. The van der Waals surface area contributed by atoms with E-state index in [-0.39, 0.29) is 11.8 Å². The third-order valence-electron chi connectivity index (χ3n) is 4.28. The Morgan fingerprint density at radius 3 is 2.92 bits per heavy atom. The average Bonchev–Trinajstić information content (AvgIpc) is 3.25. The van der Waals surface area contributed by atoms with E-state index in [1.54, 1.807) is 18.4 Å². The van der Waals surface area contributed by atoms with Crippen molar-refractivity contribution in [2.24, 2.45) is 0 Å². The molecule has 0 unspecified atom stereocenters. The summed E-state index contributed by atoms with van der Waals surface area (Å²) in [5.74, 6) is 2.03. The van der Waals surface area contributed by atoms with Crippen LogP contribution in [0.2, 0.25) is 0 Å². The van der Waals surface area contributed by atoms with Crippen LogP contribution in [0.5, 0.6) is 5.75 Å². The van der Waals surface area contributed by atoms with Gasteiger partial charge in [-0.3, -0.25) is 4.79 Å². The Kier molecular flexibility index (Phi) is 4.23. The number of carbonyl (C=O) groups is 1. The number of thiophene rings is 1. The number of hydrogen-bond acceptors (Lipinski definition) is 6. The van der Waals surface area contributed by atoms with Crippen LogP contribution < -0.4 is 4.74 Å². The van der Waals surface area contributed by atoms with Crippen molar-refractivity contribution in [3.05, 3.63) is 52.5 Å². The van der Waals surface area contributed by atoms with Crippen LogP contribution >= 0.6 is 11.3 Å². The van der Waals surface area contributed by atoms with Crippen molar-refractivity contribution < 1.29 is 14.1 Å². The third-order valence-corrected chi connectivity index (χ3v) is 5.16. The van der Waals surface area contributed by atoms with Gasteiger partial charge in [-0.05, 0) is 23.6 Å². The van der Waals surface area contributed by atoms with Crippen molar-refractivity contribution in [1.29, 1.82) is 0 Å². The molecule has 128 valence electrons. The second kappa shape index (κ2) is 6.68. The number of ether oxygens (including phenoxy) is 1. The van der Waals surface area contributed by atoms with Gasteiger partial charge in [0, 0.05) is 18.0 Å². The minimum absolute atomic E-state index is 0.100. The van der Waals surface area contributed by atoms with E-state index < -0.39 is 0 Å². The molecule has 1 aliphatic rings. The van der Waals surface area contributed by atoms with Crippen molar-refractivity contribution in [3.8, 4) is 17.1 Å². The fraction of sp³-hybridized carbons (Fsp3) is 0.278. The maximum Gasteiger partial charge on any atom is 0.233 e. The molecule has 4 rings (SSSR count). The number of amides is 1. The van der Waals surface area contributed by atoms with Gasteiger partial charge < -0.3 is 14.2 Å². The number of aromatic nitrogens is 2. The molecule has 0 radical (unpaired) electrons. The Morgan fingerprint density at radius 1 is 1.32 bits per heavy atom. The van der Waals surface area contributed by atoms with Crippen molar-refractivity contribution in [3.63, 3.8) is 0 Å². The lowest BCUT2D eigenvalue weighted by molar-refractivity contribution is -0.135. The number of para-hydroxylation sites is 1. The maximum absolute atomic E-state index is 12.2. The molecule has 2 aromatic heterocycles. The van der Waals surface area contributed by atoms with Gasteiger partial charge in [0.1, 0.15) is 5.75 Å². The van der Waals surface area contributed by atoms with Crippen LogP contribution in [0.15, 0.2) is 46.3 Å². The summed E-state index contributed by atoms with van der Waals surface area (Å²) < 4.78 is 10.7. The molecular weight excluding hydrogens is 338 g/mol. The molecule has 0 spiro atoms. The highest BCUT2D eigenvalue weighted by Gasteiger charge is 2.35. The number of benzene rings is 1. The second-order valence-corrected chi connectivity index (χ2v) is 6.94. The van der Waals surface area contributed by atoms with Gasteiger partial charge in [0.2, 0.25) is 17.6 Å². The van der Waals surface area contributed by atoms with Gasteiger partial charge in [-0.1, -0.05) is 23.4 Å². The number of nitrogens with zero attached hydrogens (tertiary/aromatic N) is 3. The summed E-state index contributed by atoms with van der Waals surface area (Å²) in [4.78, 5) is 19.6. The van der Waals surface area contributed by atoms with Gasteiger partial charge >= 0.3 is 0 Å². The molecule has 0 aliphatic carbocycles. The van der Waals surface area contributed by atoms with E-state index in [1.807, 2.05) is 46.7 Å². The summed E-state index contributed by atoms with van der Waals surface area (Å²) in [5.41, 5.74) is 0.796. The summed E-state index contributed by atoms with van der Waals surface area (Å²) in [6.45, 7) is 1.25. The normalized spacial score (nSPS) is 14.4. The molecule has 1 fully saturated rings. The summed E-state index contributed by atoms with van der Waals surface area (Å²) in [5, 5.41) is 6.05. The molecule has 1 amide bonds. The SMILES string of the molecule is COc1ccccc1-c1noc(C2CN(C(=O)Cc3cccs3)C2)n1. The highest BCUT2D eigenvalue weighted by atomic mass is 32.1. The Labute approximate surface area is 149 Å². The van der Waals surface area contributed by atoms with Crippen LogP contribution in [0.1, 0.15) is 16.7 Å². The molecule has 0 atom stereocenters.